The second-order valence-corrected chi connectivity index (χ2v) is 5.40. The van der Waals surface area contributed by atoms with E-state index in [4.69, 9.17) is 11.5 Å². The van der Waals surface area contributed by atoms with Gasteiger partial charge in [-0.3, -0.25) is 9.59 Å². The van der Waals surface area contributed by atoms with Crippen LogP contribution in [0.5, 0.6) is 0 Å². The number of carbonyl (C=O) groups is 2. The monoisotopic (exact) mass is 255 g/mol. The SMILES string of the molecule is CC(N)CCCC(C)C(=O)N1CCCC1C(N)=O. The molecule has 1 fully saturated rings. The number of amides is 2. The minimum atomic E-state index is -0.395. The maximum absolute atomic E-state index is 12.2. The third-order valence-corrected chi connectivity index (χ3v) is 3.58. The average Bonchev–Trinajstić information content (AvgIpc) is 2.76. The fourth-order valence-electron chi connectivity index (χ4n) is 2.48. The number of nitrogens with two attached hydrogens (primary N) is 2. The van der Waals surface area contributed by atoms with Crippen molar-refractivity contribution in [1.82, 2.24) is 4.90 Å². The number of carbonyl (C=O) groups excluding carboxylic acids is 2. The molecule has 3 unspecified atom stereocenters. The lowest BCUT2D eigenvalue weighted by Crippen LogP contribution is -2.45. The van der Waals surface area contributed by atoms with Crippen molar-refractivity contribution in [1.29, 1.82) is 0 Å². The normalized spacial score (nSPS) is 22.8. The Balaban J connectivity index is 2.45. The molecule has 1 aliphatic heterocycles. The summed E-state index contributed by atoms with van der Waals surface area (Å²) in [5.41, 5.74) is 11.0. The van der Waals surface area contributed by atoms with Crippen LogP contribution in [-0.2, 0) is 9.59 Å². The molecule has 104 valence electrons. The van der Waals surface area contributed by atoms with Gasteiger partial charge in [0.05, 0.1) is 0 Å². The van der Waals surface area contributed by atoms with Gasteiger partial charge in [0.15, 0.2) is 0 Å². The van der Waals surface area contributed by atoms with E-state index in [-0.39, 0.29) is 23.8 Å². The first-order valence-corrected chi connectivity index (χ1v) is 6.79. The summed E-state index contributed by atoms with van der Waals surface area (Å²) >= 11 is 0. The van der Waals surface area contributed by atoms with Crippen LogP contribution in [0.4, 0.5) is 0 Å². The van der Waals surface area contributed by atoms with Gasteiger partial charge in [0, 0.05) is 18.5 Å². The van der Waals surface area contributed by atoms with Crippen molar-refractivity contribution in [3.8, 4) is 0 Å². The highest BCUT2D eigenvalue weighted by Gasteiger charge is 2.34. The van der Waals surface area contributed by atoms with Gasteiger partial charge in [-0.1, -0.05) is 13.3 Å². The molecule has 0 saturated carbocycles. The van der Waals surface area contributed by atoms with Gasteiger partial charge in [-0.05, 0) is 32.6 Å². The van der Waals surface area contributed by atoms with Crippen molar-refractivity contribution in [2.24, 2.45) is 17.4 Å². The van der Waals surface area contributed by atoms with Crippen molar-refractivity contribution in [2.75, 3.05) is 6.54 Å². The highest BCUT2D eigenvalue weighted by atomic mass is 16.2. The molecule has 18 heavy (non-hydrogen) atoms. The molecule has 0 aromatic carbocycles. The van der Waals surface area contributed by atoms with Gasteiger partial charge in [-0.25, -0.2) is 0 Å². The highest BCUT2D eigenvalue weighted by molar-refractivity contribution is 5.88. The Morgan fingerprint density at radius 1 is 1.33 bits per heavy atom. The van der Waals surface area contributed by atoms with Crippen molar-refractivity contribution in [3.63, 3.8) is 0 Å². The van der Waals surface area contributed by atoms with Gasteiger partial charge in [0.1, 0.15) is 6.04 Å². The first-order valence-electron chi connectivity index (χ1n) is 6.79. The molecule has 3 atom stereocenters. The van der Waals surface area contributed by atoms with Crippen molar-refractivity contribution in [3.05, 3.63) is 0 Å². The van der Waals surface area contributed by atoms with Crippen LogP contribution in [-0.4, -0.2) is 35.3 Å². The Bertz CT molecular complexity index is 305. The maximum atomic E-state index is 12.2. The van der Waals surface area contributed by atoms with Crippen molar-refractivity contribution in [2.45, 2.75) is 58.0 Å². The summed E-state index contributed by atoms with van der Waals surface area (Å²) in [4.78, 5) is 25.1. The number of rotatable bonds is 6. The largest absolute Gasteiger partial charge is 0.368 e. The summed E-state index contributed by atoms with van der Waals surface area (Å²) in [5.74, 6) is -0.381. The standard InChI is InChI=1S/C13H25N3O2/c1-9(5-3-6-10(2)14)13(18)16-8-4-7-11(16)12(15)17/h9-11H,3-8,14H2,1-2H3,(H2,15,17). The molecule has 4 N–H and O–H groups in total. The zero-order valence-electron chi connectivity index (χ0n) is 11.4. The van der Waals surface area contributed by atoms with Gasteiger partial charge in [-0.2, -0.15) is 0 Å². The number of nitrogens with zero attached hydrogens (tertiary/aromatic N) is 1. The van der Waals surface area contributed by atoms with E-state index in [1.165, 1.54) is 0 Å². The van der Waals surface area contributed by atoms with Gasteiger partial charge in [0.25, 0.3) is 0 Å². The van der Waals surface area contributed by atoms with Crippen LogP contribution >= 0.6 is 0 Å². The summed E-state index contributed by atoms with van der Waals surface area (Å²) in [5, 5.41) is 0. The van der Waals surface area contributed by atoms with Gasteiger partial charge >= 0.3 is 0 Å². The predicted molar refractivity (Wildman–Crippen MR) is 70.6 cm³/mol. The van der Waals surface area contributed by atoms with Gasteiger partial charge in [-0.15, -0.1) is 0 Å². The quantitative estimate of drug-likeness (QED) is 0.729. The highest BCUT2D eigenvalue weighted by Crippen LogP contribution is 2.21. The average molecular weight is 255 g/mol. The fraction of sp³-hybridized carbons (Fsp3) is 0.846. The lowest BCUT2D eigenvalue weighted by molar-refractivity contribution is -0.140. The second-order valence-electron chi connectivity index (χ2n) is 5.40. The molecule has 5 heteroatoms. The van der Waals surface area contributed by atoms with Crippen LogP contribution in [0, 0.1) is 5.92 Å². The number of hydrogen-bond donors (Lipinski definition) is 2. The summed E-state index contributed by atoms with van der Waals surface area (Å²) < 4.78 is 0. The molecule has 0 aliphatic carbocycles. The lowest BCUT2D eigenvalue weighted by atomic mass is 10.0. The summed E-state index contributed by atoms with van der Waals surface area (Å²) in [6, 6.07) is -0.217. The molecule has 1 rings (SSSR count). The minimum absolute atomic E-state index is 0.0521. The van der Waals surface area contributed by atoms with E-state index in [0.29, 0.717) is 13.0 Å². The molecule has 0 aromatic rings. The number of hydrogen-bond acceptors (Lipinski definition) is 3. The fourth-order valence-corrected chi connectivity index (χ4v) is 2.48. The van der Waals surface area contributed by atoms with Crippen LogP contribution in [0.15, 0.2) is 0 Å². The number of likely N-dealkylation sites (tertiary alicyclic amines) is 1. The first-order chi connectivity index (χ1) is 8.43. The third-order valence-electron chi connectivity index (χ3n) is 3.58. The van der Waals surface area contributed by atoms with Crippen LogP contribution in [0.25, 0.3) is 0 Å². The van der Waals surface area contributed by atoms with Gasteiger partial charge < -0.3 is 16.4 Å². The molecule has 1 saturated heterocycles. The Morgan fingerprint density at radius 3 is 2.56 bits per heavy atom. The second kappa shape index (κ2) is 6.73. The molecule has 2 amide bonds. The maximum Gasteiger partial charge on any atom is 0.240 e. The van der Waals surface area contributed by atoms with E-state index in [9.17, 15) is 9.59 Å². The Morgan fingerprint density at radius 2 is 2.00 bits per heavy atom. The summed E-state index contributed by atoms with van der Waals surface area (Å²) in [6.45, 7) is 4.54. The van der Waals surface area contributed by atoms with E-state index >= 15 is 0 Å². The molecule has 0 spiro atoms. The summed E-state index contributed by atoms with van der Waals surface area (Å²) in [6.07, 6.45) is 4.26. The van der Waals surface area contributed by atoms with Crippen LogP contribution in [0.2, 0.25) is 0 Å². The Labute approximate surface area is 109 Å². The summed E-state index contributed by atoms with van der Waals surface area (Å²) in [7, 11) is 0. The van der Waals surface area contributed by atoms with E-state index in [0.717, 1.165) is 25.7 Å². The van der Waals surface area contributed by atoms with E-state index in [1.54, 1.807) is 4.90 Å². The topological polar surface area (TPSA) is 89.4 Å². The van der Waals surface area contributed by atoms with E-state index in [2.05, 4.69) is 0 Å². The Kier molecular flexibility index (Phi) is 5.59. The first kappa shape index (κ1) is 15.0. The molecule has 5 nitrogen and oxygen atoms in total. The predicted octanol–water partition coefficient (Wildman–Crippen LogP) is 0.616. The van der Waals surface area contributed by atoms with Crippen molar-refractivity contribution < 1.29 is 9.59 Å². The van der Waals surface area contributed by atoms with Crippen LogP contribution < -0.4 is 11.5 Å². The lowest BCUT2D eigenvalue weighted by Gasteiger charge is -2.25. The van der Waals surface area contributed by atoms with E-state index in [1.807, 2.05) is 13.8 Å². The Hall–Kier alpha value is -1.10. The molecule has 0 bridgehead atoms. The third kappa shape index (κ3) is 3.98. The van der Waals surface area contributed by atoms with E-state index < -0.39 is 6.04 Å². The molecular weight excluding hydrogens is 230 g/mol. The minimum Gasteiger partial charge on any atom is -0.368 e. The zero-order valence-corrected chi connectivity index (χ0v) is 11.4. The van der Waals surface area contributed by atoms with Crippen LogP contribution in [0.3, 0.4) is 0 Å². The number of primary amides is 1. The van der Waals surface area contributed by atoms with Gasteiger partial charge in [0.2, 0.25) is 11.8 Å². The zero-order chi connectivity index (χ0) is 13.7. The molecular formula is C13H25N3O2. The molecule has 1 heterocycles. The molecule has 0 radical (unpaired) electrons. The van der Waals surface area contributed by atoms with Crippen molar-refractivity contribution >= 4 is 11.8 Å². The smallest absolute Gasteiger partial charge is 0.240 e. The molecule has 0 aromatic heterocycles. The molecule has 1 aliphatic rings. The van der Waals surface area contributed by atoms with Crippen LogP contribution in [0.1, 0.15) is 46.0 Å².